The fourth-order valence-corrected chi connectivity index (χ4v) is 2.65. The summed E-state index contributed by atoms with van der Waals surface area (Å²) in [6.45, 7) is 0. The van der Waals surface area contributed by atoms with E-state index in [2.05, 4.69) is 37.9 Å². The molecule has 0 saturated carbocycles. The van der Waals surface area contributed by atoms with Gasteiger partial charge in [0, 0.05) is 18.8 Å². The van der Waals surface area contributed by atoms with Crippen LogP contribution in [0.3, 0.4) is 0 Å². The molecule has 15 heavy (non-hydrogen) atoms. The van der Waals surface area contributed by atoms with Crippen molar-refractivity contribution >= 4 is 27.3 Å². The Balaban J connectivity index is 2.32. The largest absolute Gasteiger partial charge is 0.275 e. The van der Waals surface area contributed by atoms with Gasteiger partial charge in [-0.05, 0) is 32.9 Å². The number of hydrogen-bond acceptors (Lipinski definition) is 4. The zero-order chi connectivity index (χ0) is 10.8. The minimum absolute atomic E-state index is 0.00116. The first-order chi connectivity index (χ1) is 7.20. The number of thiophene rings is 1. The molecular formula is C9H11BrN4S. The maximum Gasteiger partial charge on any atom is 0.0749 e. The van der Waals surface area contributed by atoms with Crippen molar-refractivity contribution in [3.8, 4) is 0 Å². The second-order valence-corrected chi connectivity index (χ2v) is 5.52. The average molecular weight is 287 g/mol. The van der Waals surface area contributed by atoms with E-state index in [1.165, 1.54) is 0 Å². The molecule has 2 aromatic rings. The topological polar surface area (TPSA) is 55.9 Å². The quantitative estimate of drug-likeness (QED) is 0.668. The Hall–Kier alpha value is -0.690. The van der Waals surface area contributed by atoms with Gasteiger partial charge in [0.1, 0.15) is 0 Å². The van der Waals surface area contributed by atoms with E-state index in [1.54, 1.807) is 16.0 Å². The van der Waals surface area contributed by atoms with Crippen molar-refractivity contribution in [1.82, 2.24) is 15.2 Å². The number of halogens is 1. The van der Waals surface area contributed by atoms with Crippen molar-refractivity contribution in [2.24, 2.45) is 12.9 Å². The fraction of sp³-hybridized carbons (Fsp3) is 0.222. The van der Waals surface area contributed by atoms with Gasteiger partial charge >= 0.3 is 0 Å². The molecule has 0 aliphatic carbocycles. The van der Waals surface area contributed by atoms with Crippen molar-refractivity contribution in [1.29, 1.82) is 0 Å². The molecule has 2 aromatic heterocycles. The molecule has 6 heteroatoms. The summed E-state index contributed by atoms with van der Waals surface area (Å²) in [6.07, 6.45) is 3.77. The summed E-state index contributed by atoms with van der Waals surface area (Å²) in [6, 6.07) is 2.06. The van der Waals surface area contributed by atoms with Gasteiger partial charge in [-0.2, -0.15) is 5.10 Å². The minimum atomic E-state index is 0.00116. The third-order valence-electron chi connectivity index (χ3n) is 2.15. The smallest absolute Gasteiger partial charge is 0.0749 e. The van der Waals surface area contributed by atoms with Crippen molar-refractivity contribution in [2.45, 2.75) is 6.04 Å². The van der Waals surface area contributed by atoms with Crippen LogP contribution in [-0.4, -0.2) is 9.78 Å². The summed E-state index contributed by atoms with van der Waals surface area (Å²) in [5.74, 6) is 5.56. The SMILES string of the molecule is Cn1cc(C(NN)c2csc(Br)c2)cn1. The fourth-order valence-electron chi connectivity index (χ4n) is 1.45. The lowest BCUT2D eigenvalue weighted by Crippen LogP contribution is -2.28. The van der Waals surface area contributed by atoms with Crippen molar-refractivity contribution in [3.05, 3.63) is 38.8 Å². The van der Waals surface area contributed by atoms with Gasteiger partial charge in [0.05, 0.1) is 16.0 Å². The van der Waals surface area contributed by atoms with Gasteiger partial charge in [-0.25, -0.2) is 5.43 Å². The van der Waals surface area contributed by atoms with Crippen LogP contribution in [0.2, 0.25) is 0 Å². The number of rotatable bonds is 3. The molecule has 0 saturated heterocycles. The number of hydrogen-bond donors (Lipinski definition) is 2. The molecule has 3 N–H and O–H groups in total. The van der Waals surface area contributed by atoms with Crippen LogP contribution in [0, 0.1) is 0 Å². The lowest BCUT2D eigenvalue weighted by atomic mass is 10.1. The highest BCUT2D eigenvalue weighted by atomic mass is 79.9. The summed E-state index contributed by atoms with van der Waals surface area (Å²) in [5, 5.41) is 6.20. The van der Waals surface area contributed by atoms with E-state index in [-0.39, 0.29) is 6.04 Å². The molecule has 0 aliphatic rings. The van der Waals surface area contributed by atoms with Crippen molar-refractivity contribution in [3.63, 3.8) is 0 Å². The Morgan fingerprint density at radius 1 is 1.60 bits per heavy atom. The molecule has 4 nitrogen and oxygen atoms in total. The molecule has 1 atom stereocenters. The number of hydrazine groups is 1. The lowest BCUT2D eigenvalue weighted by molar-refractivity contribution is 0.637. The van der Waals surface area contributed by atoms with Gasteiger partial charge in [-0.15, -0.1) is 11.3 Å². The molecule has 0 spiro atoms. The Bertz CT molecular complexity index is 410. The molecule has 0 fully saturated rings. The van der Waals surface area contributed by atoms with E-state index in [0.717, 1.165) is 14.9 Å². The van der Waals surface area contributed by atoms with Gasteiger partial charge in [0.2, 0.25) is 0 Å². The highest BCUT2D eigenvalue weighted by Crippen LogP contribution is 2.28. The van der Waals surface area contributed by atoms with Crippen molar-refractivity contribution < 1.29 is 0 Å². The van der Waals surface area contributed by atoms with Crippen LogP contribution in [0.25, 0.3) is 0 Å². The van der Waals surface area contributed by atoms with E-state index in [1.807, 2.05) is 19.4 Å². The number of aromatic nitrogens is 2. The summed E-state index contributed by atoms with van der Waals surface area (Å²) < 4.78 is 2.86. The molecule has 80 valence electrons. The second-order valence-electron chi connectivity index (χ2n) is 3.23. The van der Waals surface area contributed by atoms with Crippen LogP contribution in [0.1, 0.15) is 17.2 Å². The lowest BCUT2D eigenvalue weighted by Gasteiger charge is -2.11. The number of nitrogens with zero attached hydrogens (tertiary/aromatic N) is 2. The van der Waals surface area contributed by atoms with Gasteiger partial charge in [-0.3, -0.25) is 10.5 Å². The summed E-state index contributed by atoms with van der Waals surface area (Å²) in [7, 11) is 1.89. The predicted molar refractivity (Wildman–Crippen MR) is 64.4 cm³/mol. The van der Waals surface area contributed by atoms with Crippen LogP contribution in [-0.2, 0) is 7.05 Å². The summed E-state index contributed by atoms with van der Waals surface area (Å²) in [5.41, 5.74) is 5.00. The maximum atomic E-state index is 5.56. The molecule has 0 bridgehead atoms. The Labute approximate surface area is 100 Å². The van der Waals surface area contributed by atoms with Crippen LogP contribution < -0.4 is 11.3 Å². The molecule has 0 radical (unpaired) electrons. The average Bonchev–Trinajstić information content (AvgIpc) is 2.78. The standard InChI is InChI=1S/C9H11BrN4S/c1-14-4-7(3-12-14)9(13-11)6-2-8(10)15-5-6/h2-5,9,13H,11H2,1H3. The molecule has 0 aromatic carbocycles. The van der Waals surface area contributed by atoms with Crippen molar-refractivity contribution in [2.75, 3.05) is 0 Å². The molecule has 2 heterocycles. The first-order valence-corrected chi connectivity index (χ1v) is 6.06. The molecule has 2 rings (SSSR count). The van der Waals surface area contributed by atoms with Crippen LogP contribution in [0.5, 0.6) is 0 Å². The molecular weight excluding hydrogens is 276 g/mol. The van der Waals surface area contributed by atoms with E-state index in [0.29, 0.717) is 0 Å². The first kappa shape index (κ1) is 10.8. The number of nitrogens with one attached hydrogen (secondary N) is 1. The highest BCUT2D eigenvalue weighted by Gasteiger charge is 2.15. The summed E-state index contributed by atoms with van der Waals surface area (Å²) >= 11 is 5.08. The Morgan fingerprint density at radius 2 is 2.40 bits per heavy atom. The monoisotopic (exact) mass is 286 g/mol. The second kappa shape index (κ2) is 4.44. The Kier molecular flexibility index (Phi) is 3.20. The normalized spacial score (nSPS) is 13.0. The van der Waals surface area contributed by atoms with E-state index in [4.69, 9.17) is 5.84 Å². The van der Waals surface area contributed by atoms with E-state index in [9.17, 15) is 0 Å². The van der Waals surface area contributed by atoms with Gasteiger partial charge < -0.3 is 0 Å². The van der Waals surface area contributed by atoms with Gasteiger partial charge in [0.25, 0.3) is 0 Å². The predicted octanol–water partition coefficient (Wildman–Crippen LogP) is 1.80. The Morgan fingerprint density at radius 3 is 2.87 bits per heavy atom. The van der Waals surface area contributed by atoms with Gasteiger partial charge in [0.15, 0.2) is 0 Å². The molecule has 0 aliphatic heterocycles. The number of nitrogens with two attached hydrogens (primary N) is 1. The molecule has 0 amide bonds. The van der Waals surface area contributed by atoms with E-state index >= 15 is 0 Å². The summed E-state index contributed by atoms with van der Waals surface area (Å²) in [4.78, 5) is 0. The van der Waals surface area contributed by atoms with E-state index < -0.39 is 0 Å². The van der Waals surface area contributed by atoms with Crippen LogP contribution in [0.15, 0.2) is 27.6 Å². The van der Waals surface area contributed by atoms with Crippen LogP contribution in [0.4, 0.5) is 0 Å². The first-order valence-electron chi connectivity index (χ1n) is 4.39. The third kappa shape index (κ3) is 2.28. The maximum absolute atomic E-state index is 5.56. The highest BCUT2D eigenvalue weighted by molar-refractivity contribution is 9.11. The third-order valence-corrected chi connectivity index (χ3v) is 3.67. The van der Waals surface area contributed by atoms with Gasteiger partial charge in [-0.1, -0.05) is 0 Å². The molecule has 1 unspecified atom stereocenters. The zero-order valence-corrected chi connectivity index (χ0v) is 10.5. The minimum Gasteiger partial charge on any atom is -0.275 e. The number of aryl methyl sites for hydroxylation is 1. The van der Waals surface area contributed by atoms with Crippen LogP contribution >= 0.6 is 27.3 Å². The zero-order valence-electron chi connectivity index (χ0n) is 8.14.